The van der Waals surface area contributed by atoms with Crippen LogP contribution in [0.4, 0.5) is 35.3 Å². The number of nitrogens with two attached hydrogens (primary N) is 1. The number of likely N-dealkylation sites (tertiary alicyclic amines) is 1. The third-order valence-corrected chi connectivity index (χ3v) is 7.86. The number of urea groups is 1. The van der Waals surface area contributed by atoms with E-state index in [0.29, 0.717) is 38.4 Å². The van der Waals surface area contributed by atoms with Crippen LogP contribution in [0.3, 0.4) is 0 Å². The fourth-order valence-electron chi connectivity index (χ4n) is 5.68. The average molecular weight is 547 g/mol. The Labute approximate surface area is 227 Å². The molecule has 4 heterocycles. The van der Waals surface area contributed by atoms with E-state index in [4.69, 9.17) is 15.5 Å². The minimum Gasteiger partial charge on any atom is -0.378 e. The van der Waals surface area contributed by atoms with Crippen LogP contribution in [0.15, 0.2) is 30.3 Å². The molecule has 0 saturated carbocycles. The molecular weight excluding hydrogens is 509 g/mol. The summed E-state index contributed by atoms with van der Waals surface area (Å²) in [6, 6.07) is 9.46. The van der Waals surface area contributed by atoms with Gasteiger partial charge in [-0.3, -0.25) is 0 Å². The lowest BCUT2D eigenvalue weighted by atomic mass is 10.00. The number of morpholine rings is 1. The topological polar surface area (TPSA) is 87.0 Å². The number of hydrogen-bond acceptors (Lipinski definition) is 6. The third-order valence-electron chi connectivity index (χ3n) is 7.86. The van der Waals surface area contributed by atoms with Gasteiger partial charge in [-0.2, -0.15) is 13.2 Å². The SMILES string of the molecule is Cc1ccc(NC(=O)N2CCC(CC(F)(F)F)C2)cc1-c1cc(N2CCOCC2)nc(N2CC[C@](C)(N)C2)c1. The number of carbonyl (C=O) groups is 1. The number of anilines is 3. The molecule has 3 aliphatic rings. The highest BCUT2D eigenvalue weighted by molar-refractivity contribution is 5.91. The highest BCUT2D eigenvalue weighted by atomic mass is 19.4. The maximum Gasteiger partial charge on any atom is 0.389 e. The summed E-state index contributed by atoms with van der Waals surface area (Å²) in [5.41, 5.74) is 9.72. The summed E-state index contributed by atoms with van der Waals surface area (Å²) in [4.78, 5) is 23.8. The Hall–Kier alpha value is -3.05. The predicted octanol–water partition coefficient (Wildman–Crippen LogP) is 4.63. The number of aromatic nitrogens is 1. The zero-order chi connectivity index (χ0) is 27.8. The summed E-state index contributed by atoms with van der Waals surface area (Å²) in [5, 5.41) is 2.90. The van der Waals surface area contributed by atoms with Crippen molar-refractivity contribution in [3.05, 3.63) is 35.9 Å². The number of carbonyl (C=O) groups excluding carboxylic acids is 1. The normalized spacial score (nSPS) is 23.9. The highest BCUT2D eigenvalue weighted by Crippen LogP contribution is 2.35. The Balaban J connectivity index is 1.39. The largest absolute Gasteiger partial charge is 0.389 e. The fourth-order valence-corrected chi connectivity index (χ4v) is 5.68. The van der Waals surface area contributed by atoms with E-state index in [1.807, 2.05) is 25.1 Å². The maximum atomic E-state index is 12.9. The number of pyridine rings is 1. The van der Waals surface area contributed by atoms with Crippen molar-refractivity contribution in [2.75, 3.05) is 67.6 Å². The quantitative estimate of drug-likeness (QED) is 0.569. The van der Waals surface area contributed by atoms with Gasteiger partial charge in [-0.25, -0.2) is 9.78 Å². The standard InChI is InChI=1S/C28H37F3N6O2/c1-19-3-4-22(33-26(38)36-7-5-20(17-36)16-28(29,30)31)15-23(19)21-13-24(35-9-11-39-12-10-35)34-25(14-21)37-8-6-27(2,32)18-37/h3-4,13-15,20H,5-12,16-18,32H2,1-2H3,(H,33,38)/t20?,27-/m0/s1. The number of benzene rings is 1. The molecule has 8 nitrogen and oxygen atoms in total. The number of halogens is 3. The van der Waals surface area contributed by atoms with Crippen molar-refractivity contribution in [2.45, 2.75) is 44.8 Å². The first-order chi connectivity index (χ1) is 18.5. The smallest absolute Gasteiger partial charge is 0.378 e. The van der Waals surface area contributed by atoms with Gasteiger partial charge in [0.2, 0.25) is 0 Å². The van der Waals surface area contributed by atoms with Crippen LogP contribution < -0.4 is 20.9 Å². The van der Waals surface area contributed by atoms with Gasteiger partial charge >= 0.3 is 12.2 Å². The van der Waals surface area contributed by atoms with Crippen LogP contribution in [0, 0.1) is 12.8 Å². The summed E-state index contributed by atoms with van der Waals surface area (Å²) in [5.74, 6) is 1.18. The van der Waals surface area contributed by atoms with Crippen molar-refractivity contribution >= 4 is 23.4 Å². The molecule has 2 aromatic rings. The number of ether oxygens (including phenoxy) is 1. The number of alkyl halides is 3. The van der Waals surface area contributed by atoms with E-state index in [1.54, 1.807) is 0 Å². The van der Waals surface area contributed by atoms with E-state index in [0.717, 1.165) is 54.4 Å². The van der Waals surface area contributed by atoms with Gasteiger partial charge in [0.1, 0.15) is 11.6 Å². The molecule has 2 atom stereocenters. The van der Waals surface area contributed by atoms with E-state index in [-0.39, 0.29) is 18.1 Å². The zero-order valence-electron chi connectivity index (χ0n) is 22.6. The molecule has 0 radical (unpaired) electrons. The van der Waals surface area contributed by atoms with Crippen LogP contribution in [0.2, 0.25) is 0 Å². The van der Waals surface area contributed by atoms with Gasteiger partial charge in [0, 0.05) is 56.9 Å². The minimum absolute atomic E-state index is 0.108. The van der Waals surface area contributed by atoms with E-state index in [2.05, 4.69) is 34.2 Å². The minimum atomic E-state index is -4.22. The fraction of sp³-hybridized carbons (Fsp3) is 0.571. The second kappa shape index (κ2) is 10.8. The number of nitrogens with one attached hydrogen (secondary N) is 1. The third kappa shape index (κ3) is 6.75. The lowest BCUT2D eigenvalue weighted by molar-refractivity contribution is -0.143. The van der Waals surface area contributed by atoms with Gasteiger partial charge in [0.15, 0.2) is 0 Å². The Morgan fingerprint density at radius 1 is 1.13 bits per heavy atom. The van der Waals surface area contributed by atoms with Gasteiger partial charge in [0.05, 0.1) is 13.2 Å². The van der Waals surface area contributed by atoms with Crippen LogP contribution in [-0.2, 0) is 4.74 Å². The molecule has 1 aromatic carbocycles. The van der Waals surface area contributed by atoms with Crippen molar-refractivity contribution in [1.82, 2.24) is 9.88 Å². The van der Waals surface area contributed by atoms with Crippen molar-refractivity contribution in [1.29, 1.82) is 0 Å². The molecule has 1 unspecified atom stereocenters. The summed E-state index contributed by atoms with van der Waals surface area (Å²) in [6.07, 6.45) is -3.84. The molecule has 3 saturated heterocycles. The molecule has 3 aliphatic heterocycles. The van der Waals surface area contributed by atoms with E-state index in [1.165, 1.54) is 4.90 Å². The van der Waals surface area contributed by atoms with Gasteiger partial charge in [-0.05, 0) is 73.6 Å². The zero-order valence-corrected chi connectivity index (χ0v) is 22.6. The van der Waals surface area contributed by atoms with Gasteiger partial charge in [-0.15, -0.1) is 0 Å². The van der Waals surface area contributed by atoms with Gasteiger partial charge in [-0.1, -0.05) is 6.07 Å². The van der Waals surface area contributed by atoms with E-state index in [9.17, 15) is 18.0 Å². The van der Waals surface area contributed by atoms with Crippen molar-refractivity contribution < 1.29 is 22.7 Å². The lowest BCUT2D eigenvalue weighted by Gasteiger charge is -2.30. The Bertz CT molecular complexity index is 1200. The first kappa shape index (κ1) is 27.5. The van der Waals surface area contributed by atoms with Crippen molar-refractivity contribution in [3.63, 3.8) is 0 Å². The monoisotopic (exact) mass is 546 g/mol. The Morgan fingerprint density at radius 3 is 2.51 bits per heavy atom. The predicted molar refractivity (Wildman–Crippen MR) is 146 cm³/mol. The number of nitrogens with zero attached hydrogens (tertiary/aromatic N) is 4. The summed E-state index contributed by atoms with van der Waals surface area (Å²) in [6.45, 7) is 8.84. The van der Waals surface area contributed by atoms with Gasteiger partial charge in [0.25, 0.3) is 0 Å². The second-order valence-corrected chi connectivity index (χ2v) is 11.4. The van der Waals surface area contributed by atoms with Crippen LogP contribution in [0.1, 0.15) is 31.7 Å². The molecule has 212 valence electrons. The van der Waals surface area contributed by atoms with Crippen LogP contribution in [0.25, 0.3) is 11.1 Å². The number of amides is 2. The summed E-state index contributed by atoms with van der Waals surface area (Å²) in [7, 11) is 0. The van der Waals surface area contributed by atoms with Crippen LogP contribution >= 0.6 is 0 Å². The molecule has 5 rings (SSSR count). The first-order valence-corrected chi connectivity index (χ1v) is 13.6. The first-order valence-electron chi connectivity index (χ1n) is 13.6. The summed E-state index contributed by atoms with van der Waals surface area (Å²) < 4.78 is 43.9. The van der Waals surface area contributed by atoms with E-state index >= 15 is 0 Å². The molecule has 39 heavy (non-hydrogen) atoms. The Kier molecular flexibility index (Phi) is 7.65. The summed E-state index contributed by atoms with van der Waals surface area (Å²) >= 11 is 0. The molecule has 1 aromatic heterocycles. The molecule has 11 heteroatoms. The number of aryl methyl sites for hydroxylation is 1. The number of hydrogen-bond donors (Lipinski definition) is 2. The average Bonchev–Trinajstić information content (AvgIpc) is 3.50. The Morgan fingerprint density at radius 2 is 1.85 bits per heavy atom. The van der Waals surface area contributed by atoms with Crippen LogP contribution in [0.5, 0.6) is 0 Å². The number of rotatable bonds is 5. The lowest BCUT2D eigenvalue weighted by Crippen LogP contribution is -2.39. The molecule has 2 amide bonds. The van der Waals surface area contributed by atoms with Gasteiger partial charge < -0.3 is 30.5 Å². The second-order valence-electron chi connectivity index (χ2n) is 11.4. The highest BCUT2D eigenvalue weighted by Gasteiger charge is 2.36. The van der Waals surface area contributed by atoms with Crippen LogP contribution in [-0.4, -0.2) is 80.1 Å². The molecule has 3 fully saturated rings. The maximum absolute atomic E-state index is 12.9. The molecular formula is C28H37F3N6O2. The van der Waals surface area contributed by atoms with E-state index < -0.39 is 18.5 Å². The molecule has 3 N–H and O–H groups in total. The molecule has 0 bridgehead atoms. The van der Waals surface area contributed by atoms with Crippen molar-refractivity contribution in [3.8, 4) is 11.1 Å². The van der Waals surface area contributed by atoms with Crippen molar-refractivity contribution in [2.24, 2.45) is 11.7 Å². The molecule has 0 spiro atoms. The molecule has 0 aliphatic carbocycles.